The number of nitrogens with zero attached hydrogens (tertiary/aromatic N) is 3. The van der Waals surface area contributed by atoms with Crippen LogP contribution in [0.25, 0.3) is 10.1 Å². The minimum Gasteiger partial charge on any atom is -0.446 e. The zero-order valence-electron chi connectivity index (χ0n) is 23.4. The second-order valence-corrected chi connectivity index (χ2v) is 15.0. The molecular formula is C29H32FN4O7PS. The number of amides is 3. The van der Waals surface area contributed by atoms with Crippen LogP contribution >= 0.6 is 18.9 Å². The van der Waals surface area contributed by atoms with Crippen molar-refractivity contribution in [3.63, 3.8) is 0 Å². The van der Waals surface area contributed by atoms with Gasteiger partial charge in [0, 0.05) is 23.8 Å². The number of hydrogen-bond acceptors (Lipinski definition) is 7. The van der Waals surface area contributed by atoms with Gasteiger partial charge in [0.2, 0.25) is 23.6 Å². The molecule has 1 aliphatic carbocycles. The molecule has 3 N–H and O–H groups in total. The summed E-state index contributed by atoms with van der Waals surface area (Å²) in [5.74, 6) is -0.986. The van der Waals surface area contributed by atoms with Crippen LogP contribution in [0.15, 0.2) is 34.9 Å². The summed E-state index contributed by atoms with van der Waals surface area (Å²) < 4.78 is 31.9. The Hall–Kier alpha value is -3.12. The SMILES string of the molecule is Cc1cnc(C2CN(C(=O)[C@@H]3CC[C@@H]4C[C@H]5C[C@H]5C[C@H](NC(=O)c5cc6cc(C(F)P(=O)(O)O)ccc6s5)C(=O)N43)C2)o1. The van der Waals surface area contributed by atoms with Crippen molar-refractivity contribution in [2.75, 3.05) is 13.1 Å². The van der Waals surface area contributed by atoms with Crippen LogP contribution in [0.4, 0.5) is 4.39 Å². The van der Waals surface area contributed by atoms with Gasteiger partial charge in [-0.15, -0.1) is 11.3 Å². The molecule has 43 heavy (non-hydrogen) atoms. The lowest BCUT2D eigenvalue weighted by Gasteiger charge is -2.42. The number of rotatable bonds is 6. The van der Waals surface area contributed by atoms with E-state index in [0.717, 1.165) is 36.4 Å². The lowest BCUT2D eigenvalue weighted by Crippen LogP contribution is -2.59. The first-order valence-electron chi connectivity index (χ1n) is 14.5. The molecule has 228 valence electrons. The van der Waals surface area contributed by atoms with E-state index in [-0.39, 0.29) is 29.3 Å². The summed E-state index contributed by atoms with van der Waals surface area (Å²) in [4.78, 5) is 67.6. The monoisotopic (exact) mass is 630 g/mol. The molecule has 3 amide bonds. The van der Waals surface area contributed by atoms with Crippen molar-refractivity contribution < 1.29 is 37.5 Å². The van der Waals surface area contributed by atoms with E-state index < -0.39 is 31.5 Å². The average molecular weight is 631 g/mol. The van der Waals surface area contributed by atoms with Crippen LogP contribution in [0.2, 0.25) is 0 Å². The number of likely N-dealkylation sites (tertiary alicyclic amines) is 1. The van der Waals surface area contributed by atoms with Crippen LogP contribution < -0.4 is 5.32 Å². The maximum absolute atomic E-state index is 14.3. The topological polar surface area (TPSA) is 153 Å². The van der Waals surface area contributed by atoms with Crippen LogP contribution in [-0.2, 0) is 14.2 Å². The summed E-state index contributed by atoms with van der Waals surface area (Å²) in [6, 6.07) is 4.32. The van der Waals surface area contributed by atoms with Gasteiger partial charge in [-0.3, -0.25) is 18.9 Å². The molecule has 0 radical (unpaired) electrons. The van der Waals surface area contributed by atoms with Gasteiger partial charge < -0.3 is 29.3 Å². The van der Waals surface area contributed by atoms with Gasteiger partial charge in [0.15, 0.2) is 0 Å². The number of carbonyl (C=O) groups excluding carboxylic acids is 3. The number of carbonyl (C=O) groups is 3. The van der Waals surface area contributed by atoms with E-state index in [1.807, 2.05) is 6.92 Å². The Balaban J connectivity index is 1.07. The average Bonchev–Trinajstić information content (AvgIpc) is 3.27. The maximum Gasteiger partial charge on any atom is 0.363 e. The zero-order chi connectivity index (χ0) is 30.2. The van der Waals surface area contributed by atoms with Crippen molar-refractivity contribution in [2.45, 2.75) is 69.0 Å². The summed E-state index contributed by atoms with van der Waals surface area (Å²) in [6.45, 7) is 2.83. The van der Waals surface area contributed by atoms with Gasteiger partial charge in [0.05, 0.1) is 17.0 Å². The molecular weight excluding hydrogens is 598 g/mol. The molecule has 3 aliphatic heterocycles. The van der Waals surface area contributed by atoms with Crippen molar-refractivity contribution in [2.24, 2.45) is 11.8 Å². The van der Waals surface area contributed by atoms with Crippen molar-refractivity contribution in [1.29, 1.82) is 0 Å². The molecule has 1 saturated carbocycles. The van der Waals surface area contributed by atoms with Crippen LogP contribution in [0.3, 0.4) is 0 Å². The Bertz CT molecular complexity index is 1660. The molecule has 6 atom stereocenters. The number of aromatic nitrogens is 1. The first kappa shape index (κ1) is 28.6. The third-order valence-electron chi connectivity index (χ3n) is 9.34. The Labute approximate surface area is 250 Å². The zero-order valence-corrected chi connectivity index (χ0v) is 25.1. The molecule has 1 aromatic carbocycles. The highest BCUT2D eigenvalue weighted by Gasteiger charge is 2.52. The Kier molecular flexibility index (Phi) is 7.00. The number of oxazole rings is 1. The van der Waals surface area contributed by atoms with Gasteiger partial charge in [-0.1, -0.05) is 6.07 Å². The predicted octanol–water partition coefficient (Wildman–Crippen LogP) is 3.86. The van der Waals surface area contributed by atoms with Gasteiger partial charge in [0.25, 0.3) is 5.91 Å². The molecule has 0 spiro atoms. The quantitative estimate of drug-likeness (QED) is 0.347. The van der Waals surface area contributed by atoms with Crippen LogP contribution in [0.1, 0.15) is 70.8 Å². The van der Waals surface area contributed by atoms with E-state index in [1.54, 1.807) is 22.1 Å². The number of aryl methyl sites for hydroxylation is 1. The molecule has 14 heteroatoms. The second-order valence-electron chi connectivity index (χ2n) is 12.3. The van der Waals surface area contributed by atoms with E-state index >= 15 is 0 Å². The summed E-state index contributed by atoms with van der Waals surface area (Å²) in [6.07, 6.45) is 5.40. The van der Waals surface area contributed by atoms with Gasteiger partial charge in [-0.25, -0.2) is 9.37 Å². The van der Waals surface area contributed by atoms with E-state index in [0.29, 0.717) is 58.6 Å². The third kappa shape index (κ3) is 5.30. The lowest BCUT2D eigenvalue weighted by atomic mass is 9.97. The number of benzene rings is 1. The van der Waals surface area contributed by atoms with Crippen molar-refractivity contribution in [3.8, 4) is 0 Å². The minimum atomic E-state index is -4.97. The van der Waals surface area contributed by atoms with Gasteiger partial charge in [-0.05, 0) is 80.0 Å². The first-order valence-corrected chi connectivity index (χ1v) is 17.0. The van der Waals surface area contributed by atoms with Crippen LogP contribution in [0, 0.1) is 18.8 Å². The van der Waals surface area contributed by atoms with Gasteiger partial charge >= 0.3 is 7.60 Å². The van der Waals surface area contributed by atoms with Crippen LogP contribution in [-0.4, -0.2) is 73.5 Å². The minimum absolute atomic E-state index is 0.0342. The van der Waals surface area contributed by atoms with Crippen LogP contribution in [0.5, 0.6) is 0 Å². The highest BCUT2D eigenvalue weighted by atomic mass is 32.1. The fraction of sp³-hybridized carbons (Fsp3) is 0.517. The number of thiophene rings is 1. The van der Waals surface area contributed by atoms with Gasteiger partial charge in [-0.2, -0.15) is 0 Å². The largest absolute Gasteiger partial charge is 0.446 e. The summed E-state index contributed by atoms with van der Waals surface area (Å²) in [5, 5.41) is 3.41. The number of nitrogens with one attached hydrogen (secondary N) is 1. The van der Waals surface area contributed by atoms with Crippen molar-refractivity contribution in [1.82, 2.24) is 20.1 Å². The van der Waals surface area contributed by atoms with Gasteiger partial charge in [0.1, 0.15) is 17.8 Å². The molecule has 11 nitrogen and oxygen atoms in total. The fourth-order valence-electron chi connectivity index (χ4n) is 6.96. The molecule has 3 saturated heterocycles. The first-order chi connectivity index (χ1) is 20.5. The van der Waals surface area contributed by atoms with E-state index in [1.165, 1.54) is 18.2 Å². The predicted molar refractivity (Wildman–Crippen MR) is 154 cm³/mol. The number of alkyl halides is 1. The van der Waals surface area contributed by atoms with E-state index in [4.69, 9.17) is 4.42 Å². The Morgan fingerprint density at radius 1 is 1.16 bits per heavy atom. The highest BCUT2D eigenvalue weighted by Crippen LogP contribution is 2.53. The molecule has 7 rings (SSSR count). The lowest BCUT2D eigenvalue weighted by molar-refractivity contribution is -0.150. The standard InChI is InChI=1S/C29H32FN4O7PS/c1-14-11-31-27(41-14)19-12-33(13-19)29(37)22-4-3-20-8-16-7-17(16)9-21(28(36)34(20)22)32-26(35)24-10-18-6-15(2-5-23(18)43-24)25(30)42(38,39)40/h2,5-6,10-11,16-17,19-22,25H,3-4,7-9,12-13H2,1H3,(H,32,35)(H2,38,39,40)/t16-,17+,20-,21+,22+,25?/m1/s1. The summed E-state index contributed by atoms with van der Waals surface area (Å²) >= 11 is 1.16. The Morgan fingerprint density at radius 3 is 2.65 bits per heavy atom. The molecule has 0 bridgehead atoms. The summed E-state index contributed by atoms with van der Waals surface area (Å²) in [7, 11) is -4.97. The number of halogens is 1. The number of fused-ring (bicyclic) bond motifs is 3. The summed E-state index contributed by atoms with van der Waals surface area (Å²) in [5.41, 5.74) is -0.166. The van der Waals surface area contributed by atoms with Crippen molar-refractivity contribution >= 4 is 46.7 Å². The molecule has 5 heterocycles. The molecule has 4 fully saturated rings. The highest BCUT2D eigenvalue weighted by molar-refractivity contribution is 7.51. The second kappa shape index (κ2) is 10.5. The maximum atomic E-state index is 14.3. The fourth-order valence-corrected chi connectivity index (χ4v) is 8.46. The third-order valence-corrected chi connectivity index (χ3v) is 11.3. The van der Waals surface area contributed by atoms with E-state index in [9.17, 15) is 33.1 Å². The van der Waals surface area contributed by atoms with E-state index in [2.05, 4.69) is 10.3 Å². The number of hydrogen-bond donors (Lipinski definition) is 3. The molecule has 4 aliphatic rings. The molecule has 1 unspecified atom stereocenters. The normalized spacial score (nSPS) is 28.1. The van der Waals surface area contributed by atoms with Crippen molar-refractivity contribution in [3.05, 3.63) is 52.6 Å². The smallest absolute Gasteiger partial charge is 0.363 e. The molecule has 2 aromatic heterocycles. The molecule has 3 aromatic rings. The Morgan fingerprint density at radius 2 is 1.93 bits per heavy atom.